The van der Waals surface area contributed by atoms with E-state index in [-0.39, 0.29) is 12.5 Å². The zero-order valence-electron chi connectivity index (χ0n) is 6.75. The quantitative estimate of drug-likeness (QED) is 0.695. The number of aromatic nitrogens is 2. The van der Waals surface area contributed by atoms with Crippen LogP contribution >= 0.6 is 11.6 Å². The molecule has 4 nitrogen and oxygen atoms in total. The number of halogens is 1. The molecule has 0 bridgehead atoms. The molecule has 5 heteroatoms. The van der Waals surface area contributed by atoms with Crippen LogP contribution in [0.1, 0.15) is 5.69 Å². The maximum Gasteiger partial charge on any atom is 0.239 e. The summed E-state index contributed by atoms with van der Waals surface area (Å²) >= 11 is 5.61. The molecule has 0 saturated carbocycles. The molecule has 1 amide bonds. The number of imidazole rings is 1. The van der Waals surface area contributed by atoms with Gasteiger partial charge in [0.05, 0.1) is 17.9 Å². The van der Waals surface area contributed by atoms with Crippen LogP contribution in [0.25, 0.3) is 0 Å². The van der Waals surface area contributed by atoms with E-state index in [9.17, 15) is 4.79 Å². The summed E-state index contributed by atoms with van der Waals surface area (Å²) in [7, 11) is 1.60. The average molecular weight is 188 g/mol. The molecule has 1 aromatic heterocycles. The Balaban J connectivity index is 2.68. The second kappa shape index (κ2) is 4.11. The minimum Gasteiger partial charge on any atom is -0.358 e. The molecule has 0 saturated heterocycles. The summed E-state index contributed by atoms with van der Waals surface area (Å²) in [4.78, 5) is 14.8. The molecule has 0 aliphatic carbocycles. The zero-order chi connectivity index (χ0) is 8.97. The Bertz CT molecular complexity index is 271. The molecule has 0 fully saturated rings. The topological polar surface area (TPSA) is 46.9 Å². The molecular weight excluding hydrogens is 178 g/mol. The summed E-state index contributed by atoms with van der Waals surface area (Å²) in [6.45, 7) is 0.276. The molecule has 1 aromatic rings. The second-order valence-corrected chi connectivity index (χ2v) is 2.59. The van der Waals surface area contributed by atoms with Gasteiger partial charge < -0.3 is 9.88 Å². The lowest BCUT2D eigenvalue weighted by Crippen LogP contribution is -2.23. The van der Waals surface area contributed by atoms with Crippen molar-refractivity contribution in [2.24, 2.45) is 0 Å². The van der Waals surface area contributed by atoms with E-state index in [4.69, 9.17) is 11.6 Å². The largest absolute Gasteiger partial charge is 0.358 e. The molecule has 0 aliphatic heterocycles. The van der Waals surface area contributed by atoms with Gasteiger partial charge in [-0.1, -0.05) is 0 Å². The van der Waals surface area contributed by atoms with Crippen molar-refractivity contribution in [1.29, 1.82) is 0 Å². The Morgan fingerprint density at radius 1 is 1.83 bits per heavy atom. The van der Waals surface area contributed by atoms with E-state index in [1.54, 1.807) is 24.1 Å². The van der Waals surface area contributed by atoms with E-state index in [0.29, 0.717) is 5.88 Å². The van der Waals surface area contributed by atoms with Gasteiger partial charge >= 0.3 is 0 Å². The molecule has 0 radical (unpaired) electrons. The van der Waals surface area contributed by atoms with Crippen LogP contribution in [0.15, 0.2) is 12.5 Å². The predicted molar refractivity (Wildman–Crippen MR) is 45.9 cm³/mol. The number of hydrogen-bond acceptors (Lipinski definition) is 2. The van der Waals surface area contributed by atoms with E-state index in [2.05, 4.69) is 10.3 Å². The number of rotatable bonds is 3. The number of alkyl halides is 1. The summed E-state index contributed by atoms with van der Waals surface area (Å²) in [6.07, 6.45) is 3.24. The number of amides is 1. The van der Waals surface area contributed by atoms with Crippen molar-refractivity contribution < 1.29 is 4.79 Å². The van der Waals surface area contributed by atoms with Crippen LogP contribution in [-0.2, 0) is 17.2 Å². The third-order valence-corrected chi connectivity index (χ3v) is 1.80. The monoisotopic (exact) mass is 187 g/mol. The van der Waals surface area contributed by atoms with Crippen molar-refractivity contribution in [2.45, 2.75) is 12.4 Å². The van der Waals surface area contributed by atoms with Crippen LogP contribution in [0.2, 0.25) is 0 Å². The average Bonchev–Trinajstić information content (AvgIpc) is 2.51. The SMILES string of the molecule is CNC(=O)Cn1cncc1CCl. The highest BCUT2D eigenvalue weighted by Crippen LogP contribution is 2.02. The molecule has 12 heavy (non-hydrogen) atoms. The summed E-state index contributed by atoms with van der Waals surface area (Å²) in [6, 6.07) is 0. The Hall–Kier alpha value is -1.03. The fourth-order valence-corrected chi connectivity index (χ4v) is 1.06. The van der Waals surface area contributed by atoms with Gasteiger partial charge in [0.15, 0.2) is 0 Å². The van der Waals surface area contributed by atoms with Crippen molar-refractivity contribution in [1.82, 2.24) is 14.9 Å². The Morgan fingerprint density at radius 2 is 2.58 bits per heavy atom. The maximum atomic E-state index is 10.9. The van der Waals surface area contributed by atoms with Crippen molar-refractivity contribution in [3.05, 3.63) is 18.2 Å². The first-order valence-corrected chi connectivity index (χ1v) is 4.07. The highest BCUT2D eigenvalue weighted by atomic mass is 35.5. The molecule has 66 valence electrons. The van der Waals surface area contributed by atoms with Gasteiger partial charge in [-0.15, -0.1) is 11.6 Å². The number of nitrogens with one attached hydrogen (secondary N) is 1. The molecule has 1 heterocycles. The van der Waals surface area contributed by atoms with E-state index >= 15 is 0 Å². The first-order valence-electron chi connectivity index (χ1n) is 3.53. The molecular formula is C7H10ClN3O. The van der Waals surface area contributed by atoms with Crippen molar-refractivity contribution in [3.63, 3.8) is 0 Å². The van der Waals surface area contributed by atoms with Gasteiger partial charge in [0.1, 0.15) is 6.54 Å². The molecule has 0 aromatic carbocycles. The lowest BCUT2D eigenvalue weighted by Gasteiger charge is -2.03. The third kappa shape index (κ3) is 1.98. The molecule has 1 N–H and O–H groups in total. The fraction of sp³-hybridized carbons (Fsp3) is 0.429. The van der Waals surface area contributed by atoms with Crippen LogP contribution in [0, 0.1) is 0 Å². The lowest BCUT2D eigenvalue weighted by atomic mass is 10.5. The van der Waals surface area contributed by atoms with Crippen molar-refractivity contribution in [3.8, 4) is 0 Å². The van der Waals surface area contributed by atoms with Gasteiger partial charge in [0.25, 0.3) is 0 Å². The maximum absolute atomic E-state index is 10.9. The minimum atomic E-state index is -0.0561. The number of carbonyl (C=O) groups is 1. The van der Waals surface area contributed by atoms with E-state index < -0.39 is 0 Å². The zero-order valence-corrected chi connectivity index (χ0v) is 7.51. The molecule has 0 spiro atoms. The van der Waals surface area contributed by atoms with Gasteiger partial charge in [-0.3, -0.25) is 4.79 Å². The fourth-order valence-electron chi connectivity index (χ4n) is 0.836. The van der Waals surface area contributed by atoms with Gasteiger partial charge in [-0.05, 0) is 0 Å². The summed E-state index contributed by atoms with van der Waals surface area (Å²) < 4.78 is 1.71. The van der Waals surface area contributed by atoms with Crippen molar-refractivity contribution in [2.75, 3.05) is 7.05 Å². The van der Waals surface area contributed by atoms with Crippen LogP contribution in [-0.4, -0.2) is 22.5 Å². The van der Waals surface area contributed by atoms with E-state index in [1.807, 2.05) is 0 Å². The second-order valence-electron chi connectivity index (χ2n) is 2.32. The van der Waals surface area contributed by atoms with Gasteiger partial charge in [-0.2, -0.15) is 0 Å². The normalized spacial score (nSPS) is 9.83. The first kappa shape index (κ1) is 9.06. The van der Waals surface area contributed by atoms with Crippen LogP contribution in [0.5, 0.6) is 0 Å². The van der Waals surface area contributed by atoms with Gasteiger partial charge in [-0.25, -0.2) is 4.98 Å². The molecule has 0 atom stereocenters. The standard InChI is InChI=1S/C7H10ClN3O/c1-9-7(12)4-11-5-10-3-6(11)2-8/h3,5H,2,4H2,1H3,(H,9,12). The van der Waals surface area contributed by atoms with Crippen LogP contribution in [0.3, 0.4) is 0 Å². The highest BCUT2D eigenvalue weighted by Gasteiger charge is 2.03. The highest BCUT2D eigenvalue weighted by molar-refractivity contribution is 6.16. The molecule has 0 unspecified atom stereocenters. The Kier molecular flexibility index (Phi) is 3.10. The summed E-state index contributed by atoms with van der Waals surface area (Å²) in [5.74, 6) is 0.316. The summed E-state index contributed by atoms with van der Waals surface area (Å²) in [5.41, 5.74) is 0.847. The van der Waals surface area contributed by atoms with E-state index in [0.717, 1.165) is 5.69 Å². The Morgan fingerprint density at radius 3 is 3.17 bits per heavy atom. The van der Waals surface area contributed by atoms with Gasteiger partial charge in [0, 0.05) is 13.2 Å². The number of likely N-dealkylation sites (N-methyl/N-ethyl adjacent to an activating group) is 1. The third-order valence-electron chi connectivity index (χ3n) is 1.53. The summed E-state index contributed by atoms with van der Waals surface area (Å²) in [5, 5.41) is 2.52. The van der Waals surface area contributed by atoms with Crippen LogP contribution in [0.4, 0.5) is 0 Å². The number of hydrogen-bond donors (Lipinski definition) is 1. The predicted octanol–water partition coefficient (Wildman–Crippen LogP) is 0.368. The van der Waals surface area contributed by atoms with Gasteiger partial charge in [0.2, 0.25) is 5.91 Å². The van der Waals surface area contributed by atoms with E-state index in [1.165, 1.54) is 0 Å². The minimum absolute atomic E-state index is 0.0561. The smallest absolute Gasteiger partial charge is 0.239 e. The lowest BCUT2D eigenvalue weighted by molar-refractivity contribution is -0.121. The first-order chi connectivity index (χ1) is 5.77. The number of nitrogens with zero attached hydrogens (tertiary/aromatic N) is 2. The Labute approximate surface area is 75.5 Å². The molecule has 1 rings (SSSR count). The van der Waals surface area contributed by atoms with Crippen LogP contribution < -0.4 is 5.32 Å². The molecule has 0 aliphatic rings. The number of carbonyl (C=O) groups excluding carboxylic acids is 1. The van der Waals surface area contributed by atoms with Crippen molar-refractivity contribution >= 4 is 17.5 Å².